The second-order valence-electron chi connectivity index (χ2n) is 10.4. The summed E-state index contributed by atoms with van der Waals surface area (Å²) in [4.78, 5) is 41.3. The zero-order valence-electron chi connectivity index (χ0n) is 20.5. The van der Waals surface area contributed by atoms with E-state index in [4.69, 9.17) is 0 Å². The fourth-order valence-electron chi connectivity index (χ4n) is 5.28. The predicted octanol–water partition coefficient (Wildman–Crippen LogP) is 4.45. The maximum atomic E-state index is 14.2. The standard InChI is InChI=1S/C26H35FN4O3/c1-16(2)12-13-31-24(33)23-22(28-17(3)32)20-14-18(27)10-11-21(20)30(23)15-26(31,4)25(34)29-19-8-6-5-7-9-19/h10-11,14,16,19H,5-9,12-13,15H2,1-4H3,(H,28,32)(H,29,34)/t26-/m0/s1. The van der Waals surface area contributed by atoms with Gasteiger partial charge in [-0.2, -0.15) is 0 Å². The van der Waals surface area contributed by atoms with Gasteiger partial charge in [-0.1, -0.05) is 33.1 Å². The van der Waals surface area contributed by atoms with Crippen LogP contribution in [0.1, 0.15) is 76.7 Å². The molecule has 1 aliphatic carbocycles. The Morgan fingerprint density at radius 3 is 2.56 bits per heavy atom. The summed E-state index contributed by atoms with van der Waals surface area (Å²) in [5.74, 6) is -0.940. The molecule has 0 saturated heterocycles. The number of carbonyl (C=O) groups is 3. The maximum absolute atomic E-state index is 14.2. The number of benzene rings is 1. The molecule has 34 heavy (non-hydrogen) atoms. The minimum absolute atomic E-state index is 0.118. The van der Waals surface area contributed by atoms with Crippen molar-refractivity contribution in [3.05, 3.63) is 29.7 Å². The van der Waals surface area contributed by atoms with Crippen LogP contribution in [0, 0.1) is 11.7 Å². The average molecular weight is 471 g/mol. The molecular formula is C26H35FN4O3. The average Bonchev–Trinajstić information content (AvgIpc) is 3.05. The first-order valence-corrected chi connectivity index (χ1v) is 12.3. The molecule has 2 N–H and O–H groups in total. The molecule has 184 valence electrons. The van der Waals surface area contributed by atoms with Crippen LogP contribution in [0.2, 0.25) is 0 Å². The van der Waals surface area contributed by atoms with E-state index >= 15 is 0 Å². The first-order chi connectivity index (χ1) is 16.1. The lowest BCUT2D eigenvalue weighted by Gasteiger charge is -2.45. The van der Waals surface area contributed by atoms with Crippen LogP contribution in [0.4, 0.5) is 10.1 Å². The molecule has 4 rings (SSSR count). The molecule has 2 aromatic rings. The number of nitrogens with one attached hydrogen (secondary N) is 2. The summed E-state index contributed by atoms with van der Waals surface area (Å²) in [7, 11) is 0. The summed E-state index contributed by atoms with van der Waals surface area (Å²) in [6.07, 6.45) is 6.01. The van der Waals surface area contributed by atoms with Gasteiger partial charge in [0.05, 0.1) is 17.7 Å². The number of carbonyl (C=O) groups excluding carboxylic acids is 3. The normalized spacial score (nSPS) is 21.1. The van der Waals surface area contributed by atoms with Crippen LogP contribution in [-0.2, 0) is 16.1 Å². The predicted molar refractivity (Wildman–Crippen MR) is 130 cm³/mol. The van der Waals surface area contributed by atoms with Gasteiger partial charge in [-0.05, 0) is 50.3 Å². The van der Waals surface area contributed by atoms with Crippen molar-refractivity contribution < 1.29 is 18.8 Å². The second-order valence-corrected chi connectivity index (χ2v) is 10.4. The Morgan fingerprint density at radius 1 is 1.21 bits per heavy atom. The number of halogens is 1. The smallest absolute Gasteiger partial charge is 0.273 e. The minimum Gasteiger partial charge on any atom is -0.351 e. The fraction of sp³-hybridized carbons (Fsp3) is 0.577. The molecule has 7 nitrogen and oxygen atoms in total. The number of hydrogen-bond donors (Lipinski definition) is 2. The summed E-state index contributed by atoms with van der Waals surface area (Å²) >= 11 is 0. The lowest BCUT2D eigenvalue weighted by atomic mass is 9.91. The van der Waals surface area contributed by atoms with Crippen molar-refractivity contribution in [2.75, 3.05) is 11.9 Å². The molecule has 1 aromatic carbocycles. The summed E-state index contributed by atoms with van der Waals surface area (Å²) in [6, 6.07) is 4.39. The topological polar surface area (TPSA) is 83.4 Å². The highest BCUT2D eigenvalue weighted by Gasteiger charge is 2.49. The molecule has 0 spiro atoms. The monoisotopic (exact) mass is 470 g/mol. The van der Waals surface area contributed by atoms with E-state index in [9.17, 15) is 18.8 Å². The first kappa shape index (κ1) is 24.2. The summed E-state index contributed by atoms with van der Waals surface area (Å²) in [5.41, 5.74) is 0.108. The van der Waals surface area contributed by atoms with Gasteiger partial charge in [-0.15, -0.1) is 0 Å². The molecule has 0 bridgehead atoms. The SMILES string of the molecule is CC(=O)Nc1c2n(c3ccc(F)cc13)C[C@@](C)(C(=O)NC1CCCCC1)N(CCC(C)C)C2=O. The molecule has 1 atom stereocenters. The number of fused-ring (bicyclic) bond motifs is 3. The molecule has 2 aliphatic rings. The third-order valence-electron chi connectivity index (χ3n) is 7.20. The van der Waals surface area contributed by atoms with Gasteiger partial charge in [-0.25, -0.2) is 4.39 Å². The van der Waals surface area contributed by atoms with Gasteiger partial charge >= 0.3 is 0 Å². The Bertz CT molecular complexity index is 1120. The van der Waals surface area contributed by atoms with Gasteiger partial charge in [0.2, 0.25) is 11.8 Å². The van der Waals surface area contributed by atoms with E-state index in [0.29, 0.717) is 34.7 Å². The van der Waals surface area contributed by atoms with Crippen LogP contribution in [0.25, 0.3) is 10.9 Å². The van der Waals surface area contributed by atoms with E-state index < -0.39 is 11.4 Å². The van der Waals surface area contributed by atoms with Crippen LogP contribution in [0.3, 0.4) is 0 Å². The number of aromatic nitrogens is 1. The summed E-state index contributed by atoms with van der Waals surface area (Å²) in [6.45, 7) is 7.99. The van der Waals surface area contributed by atoms with Crippen LogP contribution in [0.15, 0.2) is 18.2 Å². The van der Waals surface area contributed by atoms with Gasteiger partial charge in [0.15, 0.2) is 0 Å². The van der Waals surface area contributed by atoms with Gasteiger partial charge in [0.25, 0.3) is 5.91 Å². The highest BCUT2D eigenvalue weighted by molar-refractivity contribution is 6.14. The van der Waals surface area contributed by atoms with Crippen molar-refractivity contribution >= 4 is 34.3 Å². The maximum Gasteiger partial charge on any atom is 0.273 e. The van der Waals surface area contributed by atoms with E-state index in [1.807, 2.05) is 6.92 Å². The Kier molecular flexibility index (Phi) is 6.69. The second kappa shape index (κ2) is 9.39. The third kappa shape index (κ3) is 4.42. The van der Waals surface area contributed by atoms with Crippen molar-refractivity contribution in [1.82, 2.24) is 14.8 Å². The molecule has 1 saturated carbocycles. The highest BCUT2D eigenvalue weighted by Crippen LogP contribution is 2.39. The van der Waals surface area contributed by atoms with Gasteiger partial charge in [0.1, 0.15) is 17.1 Å². The molecule has 3 amide bonds. The minimum atomic E-state index is -1.11. The molecule has 1 aliphatic heterocycles. The number of anilines is 1. The van der Waals surface area contributed by atoms with Crippen molar-refractivity contribution in [1.29, 1.82) is 0 Å². The number of amides is 3. The van der Waals surface area contributed by atoms with E-state index in [0.717, 1.165) is 32.1 Å². The number of nitrogens with zero attached hydrogens (tertiary/aromatic N) is 2. The molecule has 1 aromatic heterocycles. The van der Waals surface area contributed by atoms with Crippen molar-refractivity contribution in [3.8, 4) is 0 Å². The van der Waals surface area contributed by atoms with Gasteiger partial charge in [-0.3, -0.25) is 14.4 Å². The molecular weight excluding hydrogens is 435 g/mol. The van der Waals surface area contributed by atoms with Crippen LogP contribution < -0.4 is 10.6 Å². The van der Waals surface area contributed by atoms with E-state index in [1.54, 1.807) is 15.5 Å². The molecule has 0 radical (unpaired) electrons. The van der Waals surface area contributed by atoms with Crippen molar-refractivity contribution in [2.45, 2.75) is 84.3 Å². The van der Waals surface area contributed by atoms with E-state index in [1.165, 1.54) is 25.5 Å². The van der Waals surface area contributed by atoms with Crippen LogP contribution >= 0.6 is 0 Å². The Labute approximate surface area is 200 Å². The highest BCUT2D eigenvalue weighted by atomic mass is 19.1. The third-order valence-corrected chi connectivity index (χ3v) is 7.20. The quantitative estimate of drug-likeness (QED) is 0.654. The van der Waals surface area contributed by atoms with Crippen molar-refractivity contribution in [3.63, 3.8) is 0 Å². The largest absolute Gasteiger partial charge is 0.351 e. The number of rotatable bonds is 6. The van der Waals surface area contributed by atoms with Gasteiger partial charge < -0.3 is 20.1 Å². The zero-order valence-corrected chi connectivity index (χ0v) is 20.5. The first-order valence-electron chi connectivity index (χ1n) is 12.3. The van der Waals surface area contributed by atoms with Crippen LogP contribution in [-0.4, -0.2) is 45.3 Å². The van der Waals surface area contributed by atoms with Crippen molar-refractivity contribution in [2.24, 2.45) is 5.92 Å². The van der Waals surface area contributed by atoms with E-state index in [2.05, 4.69) is 24.5 Å². The van der Waals surface area contributed by atoms with Gasteiger partial charge in [0, 0.05) is 24.9 Å². The number of hydrogen-bond acceptors (Lipinski definition) is 3. The summed E-state index contributed by atoms with van der Waals surface area (Å²) < 4.78 is 15.9. The van der Waals surface area contributed by atoms with E-state index in [-0.39, 0.29) is 30.3 Å². The lowest BCUT2D eigenvalue weighted by molar-refractivity contribution is -0.133. The Balaban J connectivity index is 1.82. The van der Waals surface area contributed by atoms with Crippen LogP contribution in [0.5, 0.6) is 0 Å². The lowest BCUT2D eigenvalue weighted by Crippen LogP contribution is -2.65. The molecule has 2 heterocycles. The molecule has 8 heteroatoms. The Hall–Kier alpha value is -2.90. The fourth-order valence-corrected chi connectivity index (χ4v) is 5.28. The summed E-state index contributed by atoms with van der Waals surface area (Å²) in [5, 5.41) is 6.42. The molecule has 0 unspecified atom stereocenters. The molecule has 1 fully saturated rings. The zero-order chi connectivity index (χ0) is 24.6. The Morgan fingerprint density at radius 2 is 1.91 bits per heavy atom.